The van der Waals surface area contributed by atoms with E-state index in [4.69, 9.17) is 23.7 Å². The second-order valence-corrected chi connectivity index (χ2v) is 6.73. The number of benzene rings is 2. The maximum atomic E-state index is 11.6. The molecule has 0 saturated carbocycles. The van der Waals surface area contributed by atoms with E-state index in [0.29, 0.717) is 6.61 Å². The molecule has 0 N–H and O–H groups in total. The minimum atomic E-state index is -0.735. The van der Waals surface area contributed by atoms with Crippen molar-refractivity contribution >= 4 is 6.16 Å². The summed E-state index contributed by atoms with van der Waals surface area (Å²) >= 11 is 0. The molecule has 0 saturated heterocycles. The van der Waals surface area contributed by atoms with Crippen LogP contribution in [0.1, 0.15) is 18.1 Å². The molecule has 3 rings (SSSR count). The standard InChI is InChI=1S/C25H26O6/c1-3-28-25(26)30-18-24-23(29-17-20-10-12-21(27-2)13-11-20)16-15-22(31-24)14-9-19-7-5-4-6-8-19/h4-8,10-13,15-16,22-24H,3,17-18H2,1-2H3/t22-,23-,24+/m0/s1. The molecule has 162 valence electrons. The predicted molar refractivity (Wildman–Crippen MR) is 116 cm³/mol. The molecule has 0 amide bonds. The molecule has 1 aliphatic heterocycles. The lowest BCUT2D eigenvalue weighted by Crippen LogP contribution is -2.40. The fraction of sp³-hybridized carbons (Fsp3) is 0.320. The average molecular weight is 422 g/mol. The van der Waals surface area contributed by atoms with Gasteiger partial charge in [0.1, 0.15) is 30.7 Å². The quantitative estimate of drug-likeness (QED) is 0.380. The zero-order valence-corrected chi connectivity index (χ0v) is 17.7. The predicted octanol–water partition coefficient (Wildman–Crippen LogP) is 4.13. The molecule has 0 spiro atoms. The van der Waals surface area contributed by atoms with E-state index in [1.807, 2.05) is 66.7 Å². The summed E-state index contributed by atoms with van der Waals surface area (Å²) < 4.78 is 27.3. The first kappa shape index (κ1) is 22.4. The van der Waals surface area contributed by atoms with E-state index < -0.39 is 24.5 Å². The number of hydrogen-bond donors (Lipinski definition) is 0. The van der Waals surface area contributed by atoms with E-state index in [2.05, 4.69) is 11.8 Å². The van der Waals surface area contributed by atoms with E-state index >= 15 is 0 Å². The molecule has 0 unspecified atom stereocenters. The smallest absolute Gasteiger partial charge is 0.497 e. The second kappa shape index (κ2) is 11.8. The Morgan fingerprint density at radius 3 is 2.52 bits per heavy atom. The Bertz CT molecular complexity index is 911. The summed E-state index contributed by atoms with van der Waals surface area (Å²) in [4.78, 5) is 11.6. The van der Waals surface area contributed by atoms with Gasteiger partial charge >= 0.3 is 6.16 Å². The van der Waals surface area contributed by atoms with Crippen molar-refractivity contribution in [1.82, 2.24) is 0 Å². The van der Waals surface area contributed by atoms with Crippen molar-refractivity contribution in [3.63, 3.8) is 0 Å². The highest BCUT2D eigenvalue weighted by Crippen LogP contribution is 2.19. The molecule has 0 radical (unpaired) electrons. The van der Waals surface area contributed by atoms with Gasteiger partial charge in [-0.3, -0.25) is 0 Å². The van der Waals surface area contributed by atoms with Crippen molar-refractivity contribution in [2.45, 2.75) is 31.8 Å². The third-order valence-electron chi connectivity index (χ3n) is 4.53. The molecule has 0 fully saturated rings. The normalized spacial score (nSPS) is 19.7. The second-order valence-electron chi connectivity index (χ2n) is 6.73. The summed E-state index contributed by atoms with van der Waals surface area (Å²) in [6.07, 6.45) is 1.68. The van der Waals surface area contributed by atoms with E-state index in [-0.39, 0.29) is 13.2 Å². The Labute approximate surface area is 182 Å². The molecular weight excluding hydrogens is 396 g/mol. The van der Waals surface area contributed by atoms with Gasteiger partial charge in [-0.2, -0.15) is 0 Å². The largest absolute Gasteiger partial charge is 0.508 e. The Morgan fingerprint density at radius 2 is 1.81 bits per heavy atom. The van der Waals surface area contributed by atoms with E-state index in [0.717, 1.165) is 16.9 Å². The molecule has 6 nitrogen and oxygen atoms in total. The maximum absolute atomic E-state index is 11.6. The van der Waals surface area contributed by atoms with Gasteiger partial charge in [0.15, 0.2) is 0 Å². The fourth-order valence-corrected chi connectivity index (χ4v) is 2.92. The minimum absolute atomic E-state index is 0.0000302. The molecule has 1 heterocycles. The summed E-state index contributed by atoms with van der Waals surface area (Å²) in [7, 11) is 1.63. The van der Waals surface area contributed by atoms with Gasteiger partial charge in [0.25, 0.3) is 0 Å². The van der Waals surface area contributed by atoms with Gasteiger partial charge < -0.3 is 23.7 Å². The van der Waals surface area contributed by atoms with Crippen LogP contribution in [0.3, 0.4) is 0 Å². The zero-order valence-electron chi connectivity index (χ0n) is 17.7. The molecule has 0 aromatic heterocycles. The first-order valence-corrected chi connectivity index (χ1v) is 10.1. The fourth-order valence-electron chi connectivity index (χ4n) is 2.92. The van der Waals surface area contributed by atoms with Crippen LogP contribution < -0.4 is 4.74 Å². The van der Waals surface area contributed by atoms with Crippen molar-refractivity contribution in [3.8, 4) is 17.6 Å². The van der Waals surface area contributed by atoms with Gasteiger partial charge in [-0.25, -0.2) is 4.79 Å². The summed E-state index contributed by atoms with van der Waals surface area (Å²) in [6, 6.07) is 17.3. The topological polar surface area (TPSA) is 63.2 Å². The Balaban J connectivity index is 1.65. The van der Waals surface area contributed by atoms with Crippen molar-refractivity contribution in [2.24, 2.45) is 0 Å². The van der Waals surface area contributed by atoms with Crippen molar-refractivity contribution in [2.75, 3.05) is 20.3 Å². The lowest BCUT2D eigenvalue weighted by atomic mass is 10.1. The number of methoxy groups -OCH3 is 1. The lowest BCUT2D eigenvalue weighted by molar-refractivity contribution is -0.0996. The van der Waals surface area contributed by atoms with E-state index in [1.54, 1.807) is 14.0 Å². The van der Waals surface area contributed by atoms with E-state index in [1.165, 1.54) is 0 Å². The highest BCUT2D eigenvalue weighted by molar-refractivity contribution is 5.59. The zero-order chi connectivity index (χ0) is 21.9. The molecule has 2 aromatic carbocycles. The average Bonchev–Trinajstić information content (AvgIpc) is 2.82. The number of rotatable bonds is 7. The van der Waals surface area contributed by atoms with Crippen molar-refractivity contribution in [1.29, 1.82) is 0 Å². The Morgan fingerprint density at radius 1 is 1.03 bits per heavy atom. The highest BCUT2D eigenvalue weighted by atomic mass is 16.7. The van der Waals surface area contributed by atoms with E-state index in [9.17, 15) is 4.79 Å². The Hall–Kier alpha value is -3.27. The first-order valence-electron chi connectivity index (χ1n) is 10.1. The van der Waals surface area contributed by atoms with Gasteiger partial charge in [0.05, 0.1) is 20.3 Å². The molecule has 6 heteroatoms. The molecule has 3 atom stereocenters. The molecule has 0 aliphatic carbocycles. The van der Waals surface area contributed by atoms with Crippen LogP contribution in [-0.2, 0) is 25.6 Å². The van der Waals surface area contributed by atoms with Crippen LogP contribution in [-0.4, -0.2) is 44.8 Å². The third kappa shape index (κ3) is 7.18. The summed E-state index contributed by atoms with van der Waals surface area (Å²) in [6.45, 7) is 2.34. The van der Waals surface area contributed by atoms with Crippen LogP contribution in [0.4, 0.5) is 4.79 Å². The SMILES string of the molecule is CCOC(=O)OC[C@H]1O[C@@H](C#Cc2ccccc2)C=C[C@@H]1OCc1ccc(OC)cc1. The van der Waals surface area contributed by atoms with Crippen LogP contribution >= 0.6 is 0 Å². The van der Waals surface area contributed by atoms with Gasteiger partial charge in [-0.15, -0.1) is 0 Å². The minimum Gasteiger partial charge on any atom is -0.497 e. The molecule has 1 aliphatic rings. The molecule has 31 heavy (non-hydrogen) atoms. The van der Waals surface area contributed by atoms with Crippen LogP contribution in [0, 0.1) is 11.8 Å². The third-order valence-corrected chi connectivity index (χ3v) is 4.53. The maximum Gasteiger partial charge on any atom is 0.508 e. The summed E-state index contributed by atoms with van der Waals surface area (Å²) in [5.74, 6) is 6.96. The van der Waals surface area contributed by atoms with Crippen molar-refractivity contribution in [3.05, 3.63) is 77.9 Å². The van der Waals surface area contributed by atoms with Crippen molar-refractivity contribution < 1.29 is 28.5 Å². The monoisotopic (exact) mass is 422 g/mol. The summed E-state index contributed by atoms with van der Waals surface area (Å²) in [5.41, 5.74) is 1.89. The number of hydrogen-bond acceptors (Lipinski definition) is 6. The van der Waals surface area contributed by atoms with Gasteiger partial charge in [0.2, 0.25) is 0 Å². The van der Waals surface area contributed by atoms with Crippen LogP contribution in [0.5, 0.6) is 5.75 Å². The molecule has 0 bridgehead atoms. The lowest BCUT2D eigenvalue weighted by Gasteiger charge is -2.30. The van der Waals surface area contributed by atoms with Gasteiger partial charge in [0, 0.05) is 5.56 Å². The number of carbonyl (C=O) groups is 1. The highest BCUT2D eigenvalue weighted by Gasteiger charge is 2.29. The van der Waals surface area contributed by atoms with Gasteiger partial charge in [-0.05, 0) is 42.8 Å². The van der Waals surface area contributed by atoms with Gasteiger partial charge in [-0.1, -0.05) is 48.2 Å². The number of carbonyl (C=O) groups excluding carboxylic acids is 1. The van der Waals surface area contributed by atoms with Crippen LogP contribution in [0.15, 0.2) is 66.7 Å². The number of ether oxygens (including phenoxy) is 5. The molecular formula is C25H26O6. The van der Waals surface area contributed by atoms with Crippen LogP contribution in [0.2, 0.25) is 0 Å². The molecule has 2 aromatic rings. The first-order chi connectivity index (χ1) is 15.2. The Kier molecular flexibility index (Phi) is 8.53. The summed E-state index contributed by atoms with van der Waals surface area (Å²) in [5, 5.41) is 0. The van der Waals surface area contributed by atoms with Crippen LogP contribution in [0.25, 0.3) is 0 Å².